The van der Waals surface area contributed by atoms with Gasteiger partial charge in [0.05, 0.1) is 0 Å². The fourth-order valence-electron chi connectivity index (χ4n) is 2.36. The maximum absolute atomic E-state index is 3.52. The van der Waals surface area contributed by atoms with Gasteiger partial charge in [0.2, 0.25) is 0 Å². The molecular weight excluding hydrogens is 196 g/mol. The normalized spacial score (nSPS) is 26.9. The van der Waals surface area contributed by atoms with E-state index < -0.39 is 0 Å². The van der Waals surface area contributed by atoms with Gasteiger partial charge < -0.3 is 5.32 Å². The lowest BCUT2D eigenvalue weighted by Gasteiger charge is -2.38. The molecule has 1 N–H and O–H groups in total. The van der Waals surface area contributed by atoms with Gasteiger partial charge in [-0.05, 0) is 31.9 Å². The molecule has 0 aliphatic carbocycles. The van der Waals surface area contributed by atoms with Crippen molar-refractivity contribution in [2.75, 3.05) is 13.1 Å². The summed E-state index contributed by atoms with van der Waals surface area (Å²) in [6, 6.07) is 9.91. The molecule has 2 nitrogen and oxygen atoms in total. The second kappa shape index (κ2) is 4.98. The first-order valence-corrected chi connectivity index (χ1v) is 6.20. The molecule has 1 aliphatic heterocycles. The van der Waals surface area contributed by atoms with Crippen molar-refractivity contribution in [1.82, 2.24) is 10.2 Å². The standard InChI is InChI=1S/C14H22N2/c1-11-6-4-5-7-14(11)10-16-9-8-15-12(2)13(16)3/h4-7,12-13,15H,8-10H2,1-3H3. The van der Waals surface area contributed by atoms with Gasteiger partial charge in [-0.3, -0.25) is 4.90 Å². The summed E-state index contributed by atoms with van der Waals surface area (Å²) in [6.07, 6.45) is 0. The van der Waals surface area contributed by atoms with Crippen LogP contribution in [0, 0.1) is 6.92 Å². The van der Waals surface area contributed by atoms with E-state index in [4.69, 9.17) is 0 Å². The molecule has 0 aromatic heterocycles. The van der Waals surface area contributed by atoms with E-state index >= 15 is 0 Å². The number of hydrogen-bond acceptors (Lipinski definition) is 2. The van der Waals surface area contributed by atoms with Crippen molar-refractivity contribution >= 4 is 0 Å². The molecule has 2 unspecified atom stereocenters. The number of nitrogens with zero attached hydrogens (tertiary/aromatic N) is 1. The van der Waals surface area contributed by atoms with E-state index in [1.54, 1.807) is 0 Å². The van der Waals surface area contributed by atoms with E-state index in [1.165, 1.54) is 11.1 Å². The highest BCUT2D eigenvalue weighted by Crippen LogP contribution is 2.15. The van der Waals surface area contributed by atoms with Crippen molar-refractivity contribution in [1.29, 1.82) is 0 Å². The van der Waals surface area contributed by atoms with Gasteiger partial charge in [-0.25, -0.2) is 0 Å². The summed E-state index contributed by atoms with van der Waals surface area (Å²) in [5.41, 5.74) is 2.87. The molecule has 2 atom stereocenters. The summed E-state index contributed by atoms with van der Waals surface area (Å²) in [6.45, 7) is 10.1. The molecule has 1 aromatic rings. The Balaban J connectivity index is 2.06. The van der Waals surface area contributed by atoms with E-state index in [0.717, 1.165) is 19.6 Å². The molecule has 1 heterocycles. The minimum Gasteiger partial charge on any atom is -0.311 e. The first-order valence-electron chi connectivity index (χ1n) is 6.20. The van der Waals surface area contributed by atoms with Crippen LogP contribution < -0.4 is 5.32 Å². The molecule has 0 spiro atoms. The van der Waals surface area contributed by atoms with Gasteiger partial charge in [0.1, 0.15) is 0 Å². The van der Waals surface area contributed by atoms with E-state index in [0.29, 0.717) is 12.1 Å². The smallest absolute Gasteiger partial charge is 0.0240 e. The van der Waals surface area contributed by atoms with E-state index in [2.05, 4.69) is 55.3 Å². The minimum atomic E-state index is 0.595. The van der Waals surface area contributed by atoms with Crippen molar-refractivity contribution in [3.63, 3.8) is 0 Å². The van der Waals surface area contributed by atoms with Crippen LogP contribution in [0.4, 0.5) is 0 Å². The molecule has 0 saturated carbocycles. The fraction of sp³-hybridized carbons (Fsp3) is 0.571. The second-order valence-electron chi connectivity index (χ2n) is 4.88. The molecular formula is C14H22N2. The number of rotatable bonds is 2. The Morgan fingerprint density at radius 2 is 2.06 bits per heavy atom. The first-order chi connectivity index (χ1) is 7.68. The molecule has 1 aliphatic rings. The summed E-state index contributed by atoms with van der Waals surface area (Å²) >= 11 is 0. The number of aryl methyl sites for hydroxylation is 1. The van der Waals surface area contributed by atoms with Gasteiger partial charge >= 0.3 is 0 Å². The lowest BCUT2D eigenvalue weighted by atomic mass is 10.0. The Hall–Kier alpha value is -0.860. The summed E-state index contributed by atoms with van der Waals surface area (Å²) in [4.78, 5) is 2.57. The SMILES string of the molecule is Cc1ccccc1CN1CCNC(C)C1C. The highest BCUT2D eigenvalue weighted by atomic mass is 15.2. The van der Waals surface area contributed by atoms with Crippen LogP contribution in [-0.2, 0) is 6.54 Å². The lowest BCUT2D eigenvalue weighted by Crippen LogP contribution is -2.54. The maximum atomic E-state index is 3.52. The maximum Gasteiger partial charge on any atom is 0.0240 e. The van der Waals surface area contributed by atoms with Crippen LogP contribution in [-0.4, -0.2) is 30.1 Å². The highest BCUT2D eigenvalue weighted by Gasteiger charge is 2.24. The van der Waals surface area contributed by atoms with Crippen LogP contribution >= 0.6 is 0 Å². The zero-order valence-electron chi connectivity index (χ0n) is 10.5. The molecule has 0 bridgehead atoms. The van der Waals surface area contributed by atoms with Crippen LogP contribution in [0.15, 0.2) is 24.3 Å². The van der Waals surface area contributed by atoms with Crippen LogP contribution in [0.5, 0.6) is 0 Å². The number of benzene rings is 1. The molecule has 0 amide bonds. The Morgan fingerprint density at radius 3 is 2.81 bits per heavy atom. The third-order valence-corrected chi connectivity index (χ3v) is 3.80. The van der Waals surface area contributed by atoms with Gasteiger partial charge in [-0.2, -0.15) is 0 Å². The molecule has 88 valence electrons. The predicted octanol–water partition coefficient (Wildman–Crippen LogP) is 2.18. The van der Waals surface area contributed by atoms with Gasteiger partial charge in [-0.1, -0.05) is 24.3 Å². The summed E-state index contributed by atoms with van der Waals surface area (Å²) < 4.78 is 0. The Labute approximate surface area is 98.7 Å². The number of hydrogen-bond donors (Lipinski definition) is 1. The Kier molecular flexibility index (Phi) is 3.62. The van der Waals surface area contributed by atoms with Crippen LogP contribution in [0.3, 0.4) is 0 Å². The largest absolute Gasteiger partial charge is 0.311 e. The fourth-order valence-corrected chi connectivity index (χ4v) is 2.36. The molecule has 1 aromatic carbocycles. The Bertz CT molecular complexity index is 348. The third-order valence-electron chi connectivity index (χ3n) is 3.80. The monoisotopic (exact) mass is 218 g/mol. The molecule has 2 rings (SSSR count). The van der Waals surface area contributed by atoms with E-state index in [1.807, 2.05) is 0 Å². The minimum absolute atomic E-state index is 0.595. The van der Waals surface area contributed by atoms with Gasteiger partial charge in [0.15, 0.2) is 0 Å². The molecule has 0 radical (unpaired) electrons. The van der Waals surface area contributed by atoms with Gasteiger partial charge in [-0.15, -0.1) is 0 Å². The first kappa shape index (κ1) is 11.6. The topological polar surface area (TPSA) is 15.3 Å². The third kappa shape index (κ3) is 2.45. The van der Waals surface area contributed by atoms with Crippen LogP contribution in [0.25, 0.3) is 0 Å². The summed E-state index contributed by atoms with van der Waals surface area (Å²) in [5.74, 6) is 0. The zero-order valence-corrected chi connectivity index (χ0v) is 10.5. The van der Waals surface area contributed by atoms with E-state index in [9.17, 15) is 0 Å². The van der Waals surface area contributed by atoms with Crippen molar-refractivity contribution in [3.8, 4) is 0 Å². The predicted molar refractivity (Wildman–Crippen MR) is 68.5 cm³/mol. The van der Waals surface area contributed by atoms with Crippen LogP contribution in [0.2, 0.25) is 0 Å². The van der Waals surface area contributed by atoms with Gasteiger partial charge in [0, 0.05) is 31.7 Å². The Morgan fingerprint density at radius 1 is 1.31 bits per heavy atom. The van der Waals surface area contributed by atoms with Gasteiger partial charge in [0.25, 0.3) is 0 Å². The average Bonchev–Trinajstić information content (AvgIpc) is 2.28. The second-order valence-corrected chi connectivity index (χ2v) is 4.88. The molecule has 1 fully saturated rings. The molecule has 1 saturated heterocycles. The molecule has 2 heteroatoms. The lowest BCUT2D eigenvalue weighted by molar-refractivity contribution is 0.130. The van der Waals surface area contributed by atoms with Crippen molar-refractivity contribution in [3.05, 3.63) is 35.4 Å². The average molecular weight is 218 g/mol. The van der Waals surface area contributed by atoms with E-state index in [-0.39, 0.29) is 0 Å². The van der Waals surface area contributed by atoms with Crippen molar-refractivity contribution < 1.29 is 0 Å². The van der Waals surface area contributed by atoms with Crippen molar-refractivity contribution in [2.24, 2.45) is 0 Å². The summed E-state index contributed by atoms with van der Waals surface area (Å²) in [5, 5.41) is 3.52. The van der Waals surface area contributed by atoms with Crippen LogP contribution in [0.1, 0.15) is 25.0 Å². The highest BCUT2D eigenvalue weighted by molar-refractivity contribution is 5.25. The zero-order chi connectivity index (χ0) is 11.5. The summed E-state index contributed by atoms with van der Waals surface area (Å²) in [7, 11) is 0. The van der Waals surface area contributed by atoms with Crippen molar-refractivity contribution in [2.45, 2.75) is 39.4 Å². The number of piperazine rings is 1. The number of nitrogens with one attached hydrogen (secondary N) is 1. The molecule has 16 heavy (non-hydrogen) atoms. The quantitative estimate of drug-likeness (QED) is 0.818.